The molecular weight excluding hydrogens is 445 g/mol. The molecule has 3 N–H and O–H groups in total. The molecule has 1 saturated heterocycles. The Labute approximate surface area is 196 Å². The van der Waals surface area contributed by atoms with Crippen molar-refractivity contribution in [1.82, 2.24) is 9.97 Å². The number of aryl methyl sites for hydroxylation is 2. The van der Waals surface area contributed by atoms with Crippen molar-refractivity contribution in [3.63, 3.8) is 0 Å². The number of nitrogens with zero attached hydrogens (tertiary/aromatic N) is 3. The first-order valence-electron chi connectivity index (χ1n) is 11.9. The van der Waals surface area contributed by atoms with E-state index in [2.05, 4.69) is 21.3 Å². The summed E-state index contributed by atoms with van der Waals surface area (Å²) in [5.41, 5.74) is 3.61. The summed E-state index contributed by atoms with van der Waals surface area (Å²) in [5, 5.41) is 23.5. The number of aliphatic hydroxyl groups is 2. The Bertz CT molecular complexity index is 1170. The zero-order chi connectivity index (χ0) is 24.0. The summed E-state index contributed by atoms with van der Waals surface area (Å²) in [5.74, 6) is -5.20. The molecule has 0 spiro atoms. The standard InChI is InChI=1S/C25H29F3N4O2/c1-14-29-22-16-7-4-6-15(16)20(32-10-2-3-11-32)12-18(22)23(30-14)31-24(34)17-8-5-9-19(21(17)26)25(27,28)13-33/h5,9,12,17,24,33-34H,2-4,6-8,10-11,13H2,1H3,(H,29,30,31)/t17?,24-/m1/s1. The second-order valence-corrected chi connectivity index (χ2v) is 9.37. The van der Waals surface area contributed by atoms with Crippen LogP contribution in [0.3, 0.4) is 0 Å². The van der Waals surface area contributed by atoms with Crippen LogP contribution >= 0.6 is 0 Å². The normalized spacial score (nSPS) is 21.5. The summed E-state index contributed by atoms with van der Waals surface area (Å²) in [6.07, 6.45) is 6.16. The average molecular weight is 475 g/mol. The van der Waals surface area contributed by atoms with Crippen LogP contribution in [0.2, 0.25) is 0 Å². The van der Waals surface area contributed by atoms with Crippen molar-refractivity contribution >= 4 is 22.4 Å². The molecule has 0 saturated carbocycles. The van der Waals surface area contributed by atoms with Crippen molar-refractivity contribution in [2.75, 3.05) is 29.9 Å². The van der Waals surface area contributed by atoms with Crippen molar-refractivity contribution in [1.29, 1.82) is 0 Å². The minimum atomic E-state index is -3.72. The van der Waals surface area contributed by atoms with Gasteiger partial charge in [0.1, 0.15) is 30.3 Å². The number of halogens is 3. The number of benzene rings is 1. The van der Waals surface area contributed by atoms with Crippen LogP contribution in [-0.2, 0) is 12.8 Å². The predicted molar refractivity (Wildman–Crippen MR) is 125 cm³/mol. The van der Waals surface area contributed by atoms with Gasteiger partial charge in [-0.15, -0.1) is 0 Å². The van der Waals surface area contributed by atoms with Gasteiger partial charge in [-0.1, -0.05) is 12.2 Å². The smallest absolute Gasteiger partial charge is 0.298 e. The van der Waals surface area contributed by atoms with E-state index >= 15 is 0 Å². The van der Waals surface area contributed by atoms with Crippen molar-refractivity contribution in [3.8, 4) is 0 Å². The third-order valence-corrected chi connectivity index (χ3v) is 7.11. The molecule has 1 aromatic carbocycles. The quantitative estimate of drug-likeness (QED) is 0.545. The molecule has 1 aliphatic heterocycles. The number of nitrogens with one attached hydrogen (secondary N) is 1. The lowest BCUT2D eigenvalue weighted by Gasteiger charge is -2.28. The highest BCUT2D eigenvalue weighted by molar-refractivity contribution is 5.96. The maximum Gasteiger partial charge on any atom is 0.298 e. The first-order valence-corrected chi connectivity index (χ1v) is 11.9. The van der Waals surface area contributed by atoms with E-state index in [1.165, 1.54) is 22.9 Å². The monoisotopic (exact) mass is 474 g/mol. The lowest BCUT2D eigenvalue weighted by molar-refractivity contribution is -0.0168. The minimum absolute atomic E-state index is 0.0431. The number of alkyl halides is 2. The molecule has 0 amide bonds. The minimum Gasteiger partial charge on any atom is -0.390 e. The van der Waals surface area contributed by atoms with E-state index in [0.717, 1.165) is 62.2 Å². The molecule has 1 unspecified atom stereocenters. The molecule has 2 aliphatic carbocycles. The summed E-state index contributed by atoms with van der Waals surface area (Å²) < 4.78 is 43.0. The van der Waals surface area contributed by atoms with Gasteiger partial charge in [0.2, 0.25) is 0 Å². The Morgan fingerprint density at radius 1 is 1.18 bits per heavy atom. The molecule has 3 aliphatic rings. The molecule has 0 radical (unpaired) electrons. The molecule has 0 bridgehead atoms. The summed E-state index contributed by atoms with van der Waals surface area (Å²) in [4.78, 5) is 11.6. The third-order valence-electron chi connectivity index (χ3n) is 7.11. The van der Waals surface area contributed by atoms with Gasteiger partial charge in [-0.2, -0.15) is 8.78 Å². The number of aromatic nitrogens is 2. The van der Waals surface area contributed by atoms with Gasteiger partial charge < -0.3 is 20.4 Å². The van der Waals surface area contributed by atoms with E-state index in [1.807, 2.05) is 0 Å². The highest BCUT2D eigenvalue weighted by atomic mass is 19.3. The van der Waals surface area contributed by atoms with E-state index in [9.17, 15) is 18.3 Å². The highest BCUT2D eigenvalue weighted by Crippen LogP contribution is 2.41. The van der Waals surface area contributed by atoms with Crippen LogP contribution in [0.5, 0.6) is 0 Å². The molecule has 182 valence electrons. The van der Waals surface area contributed by atoms with Crippen LogP contribution in [0.4, 0.5) is 24.7 Å². The summed E-state index contributed by atoms with van der Waals surface area (Å²) in [7, 11) is 0. The lowest BCUT2D eigenvalue weighted by Crippen LogP contribution is -2.34. The largest absolute Gasteiger partial charge is 0.390 e. The van der Waals surface area contributed by atoms with Crippen LogP contribution in [0, 0.1) is 12.8 Å². The Hall–Kier alpha value is -2.65. The molecule has 34 heavy (non-hydrogen) atoms. The highest BCUT2D eigenvalue weighted by Gasteiger charge is 2.40. The second-order valence-electron chi connectivity index (χ2n) is 9.37. The summed E-state index contributed by atoms with van der Waals surface area (Å²) >= 11 is 0. The number of aliphatic hydroxyl groups excluding tert-OH is 2. The van der Waals surface area contributed by atoms with Crippen LogP contribution in [0.15, 0.2) is 29.6 Å². The molecular formula is C25H29F3N4O2. The second kappa shape index (κ2) is 8.85. The summed E-state index contributed by atoms with van der Waals surface area (Å²) in [6.45, 7) is 2.23. The van der Waals surface area contributed by atoms with Gasteiger partial charge in [0.15, 0.2) is 0 Å². The number of anilines is 2. The van der Waals surface area contributed by atoms with Gasteiger partial charge in [0.25, 0.3) is 5.92 Å². The van der Waals surface area contributed by atoms with Gasteiger partial charge in [0, 0.05) is 24.2 Å². The fourth-order valence-electron chi connectivity index (χ4n) is 5.42. The zero-order valence-corrected chi connectivity index (χ0v) is 19.1. The molecule has 5 rings (SSSR count). The number of hydrogen-bond acceptors (Lipinski definition) is 6. The molecule has 2 heterocycles. The Kier molecular flexibility index (Phi) is 6.02. The molecule has 1 aromatic heterocycles. The summed E-state index contributed by atoms with van der Waals surface area (Å²) in [6, 6.07) is 2.05. The molecule has 2 atom stereocenters. The van der Waals surface area contributed by atoms with Crippen molar-refractivity contribution in [2.45, 2.75) is 57.6 Å². The van der Waals surface area contributed by atoms with Gasteiger partial charge in [-0.05, 0) is 62.6 Å². The van der Waals surface area contributed by atoms with Crippen LogP contribution < -0.4 is 10.2 Å². The van der Waals surface area contributed by atoms with Crippen LogP contribution in [0.1, 0.15) is 42.6 Å². The number of rotatable bonds is 6. The fourth-order valence-corrected chi connectivity index (χ4v) is 5.42. The number of hydrogen-bond donors (Lipinski definition) is 3. The molecule has 2 aromatic rings. The topological polar surface area (TPSA) is 81.5 Å². The van der Waals surface area contributed by atoms with E-state index in [0.29, 0.717) is 11.6 Å². The van der Waals surface area contributed by atoms with E-state index in [4.69, 9.17) is 10.1 Å². The van der Waals surface area contributed by atoms with Crippen LogP contribution in [-0.4, -0.2) is 52.0 Å². The maximum absolute atomic E-state index is 15.0. The van der Waals surface area contributed by atoms with Gasteiger partial charge in [-0.3, -0.25) is 0 Å². The van der Waals surface area contributed by atoms with Crippen molar-refractivity contribution in [3.05, 3.63) is 46.6 Å². The first-order chi connectivity index (χ1) is 16.3. The number of allylic oxidation sites excluding steroid dienone is 2. The van der Waals surface area contributed by atoms with E-state index < -0.39 is 36.1 Å². The van der Waals surface area contributed by atoms with Gasteiger partial charge >= 0.3 is 0 Å². The Balaban J connectivity index is 1.54. The maximum atomic E-state index is 15.0. The molecule has 9 heteroatoms. The van der Waals surface area contributed by atoms with Crippen molar-refractivity contribution < 1.29 is 23.4 Å². The first kappa shape index (κ1) is 23.1. The van der Waals surface area contributed by atoms with Gasteiger partial charge in [-0.25, -0.2) is 14.4 Å². The van der Waals surface area contributed by atoms with Crippen molar-refractivity contribution in [2.24, 2.45) is 5.92 Å². The third kappa shape index (κ3) is 3.94. The van der Waals surface area contributed by atoms with E-state index in [1.54, 1.807) is 6.92 Å². The van der Waals surface area contributed by atoms with Gasteiger partial charge in [0.05, 0.1) is 17.0 Å². The number of fused-ring (bicyclic) bond motifs is 3. The van der Waals surface area contributed by atoms with E-state index in [-0.39, 0.29) is 6.42 Å². The average Bonchev–Trinajstić information content (AvgIpc) is 3.51. The molecule has 6 nitrogen and oxygen atoms in total. The van der Waals surface area contributed by atoms with Crippen LogP contribution in [0.25, 0.3) is 10.9 Å². The SMILES string of the molecule is Cc1nc(N[C@H](O)C2CC=CC(C(F)(F)CO)=C2F)c2cc(N3CCCC3)c3c(c2n1)CCC3. The predicted octanol–water partition coefficient (Wildman–Crippen LogP) is 4.18. The fraction of sp³-hybridized carbons (Fsp3) is 0.520. The lowest BCUT2D eigenvalue weighted by atomic mass is 9.90. The Morgan fingerprint density at radius 3 is 2.65 bits per heavy atom. The molecule has 1 fully saturated rings. The Morgan fingerprint density at radius 2 is 1.91 bits per heavy atom. The zero-order valence-electron chi connectivity index (χ0n) is 19.1.